The molecule has 3 aromatic carbocycles. The minimum Gasteiger partial charge on any atom is -0.508 e. The van der Waals surface area contributed by atoms with Gasteiger partial charge in [0, 0.05) is 6.92 Å². The summed E-state index contributed by atoms with van der Waals surface area (Å²) < 4.78 is 10.3. The lowest BCUT2D eigenvalue weighted by molar-refractivity contribution is -0.131. The Kier molecular flexibility index (Phi) is 7.60. The monoisotopic (exact) mass is 380 g/mol. The fourth-order valence-corrected chi connectivity index (χ4v) is 2.11. The van der Waals surface area contributed by atoms with E-state index in [4.69, 9.17) is 19.7 Å². The fourth-order valence-electron chi connectivity index (χ4n) is 2.11. The predicted molar refractivity (Wildman–Crippen MR) is 104 cm³/mol. The van der Waals surface area contributed by atoms with Crippen molar-refractivity contribution in [2.24, 2.45) is 0 Å². The Balaban J connectivity index is 0.000000203. The number of benzene rings is 3. The molecule has 3 aromatic rings. The number of carboxylic acid groups (broad SMARTS) is 1. The summed E-state index contributed by atoms with van der Waals surface area (Å²) in [5.74, 6) is -0.0753. The number of carbonyl (C=O) groups is 2. The van der Waals surface area contributed by atoms with E-state index >= 15 is 0 Å². The summed E-state index contributed by atoms with van der Waals surface area (Å²) in [6.07, 6.45) is 0. The second-order valence-corrected chi connectivity index (χ2v) is 5.69. The van der Waals surface area contributed by atoms with Crippen LogP contribution in [-0.2, 0) is 11.4 Å². The van der Waals surface area contributed by atoms with Crippen LogP contribution in [-0.4, -0.2) is 22.2 Å². The second-order valence-electron chi connectivity index (χ2n) is 5.69. The number of phenolic OH excluding ortho intramolecular Hbond substituents is 1. The Morgan fingerprint density at radius 2 is 1.39 bits per heavy atom. The maximum Gasteiger partial charge on any atom is 0.335 e. The van der Waals surface area contributed by atoms with Gasteiger partial charge in [-0.05, 0) is 54.1 Å². The number of aromatic carboxylic acids is 1. The highest BCUT2D eigenvalue weighted by Crippen LogP contribution is 2.17. The summed E-state index contributed by atoms with van der Waals surface area (Å²) in [6.45, 7) is 1.83. The Labute approximate surface area is 162 Å². The maximum absolute atomic E-state index is 10.5. The summed E-state index contributed by atoms with van der Waals surface area (Å²) >= 11 is 0. The van der Waals surface area contributed by atoms with Crippen LogP contribution in [0, 0.1) is 0 Å². The SMILES string of the molecule is CC(=O)Oc1ccc(C(=O)O)cc1.Oc1ccc(OCc2ccccc2)cc1. The van der Waals surface area contributed by atoms with Gasteiger partial charge in [-0.3, -0.25) is 4.79 Å². The highest BCUT2D eigenvalue weighted by molar-refractivity contribution is 5.87. The molecule has 28 heavy (non-hydrogen) atoms. The van der Waals surface area contributed by atoms with Crippen LogP contribution < -0.4 is 9.47 Å². The average Bonchev–Trinajstić information content (AvgIpc) is 2.69. The number of aromatic hydroxyl groups is 1. The maximum atomic E-state index is 10.5. The van der Waals surface area contributed by atoms with Gasteiger partial charge in [0.25, 0.3) is 0 Å². The molecular weight excluding hydrogens is 360 g/mol. The second kappa shape index (κ2) is 10.4. The molecule has 0 aliphatic heterocycles. The number of esters is 1. The Morgan fingerprint density at radius 3 is 1.93 bits per heavy atom. The minimum atomic E-state index is -1.01. The molecule has 3 rings (SSSR count). The molecule has 0 spiro atoms. The zero-order valence-electron chi connectivity index (χ0n) is 15.2. The molecule has 0 aliphatic rings. The Morgan fingerprint density at radius 1 is 0.821 bits per heavy atom. The first-order chi connectivity index (χ1) is 13.4. The molecule has 0 fully saturated rings. The van der Waals surface area contributed by atoms with Crippen molar-refractivity contribution in [3.05, 3.63) is 90.0 Å². The van der Waals surface area contributed by atoms with Gasteiger partial charge in [0.1, 0.15) is 23.9 Å². The summed E-state index contributed by atoms with van der Waals surface area (Å²) in [5.41, 5.74) is 1.29. The molecule has 144 valence electrons. The molecule has 0 bridgehead atoms. The molecule has 2 N–H and O–H groups in total. The van der Waals surface area contributed by atoms with Crippen LogP contribution in [0.15, 0.2) is 78.9 Å². The van der Waals surface area contributed by atoms with E-state index < -0.39 is 11.9 Å². The minimum absolute atomic E-state index is 0.163. The van der Waals surface area contributed by atoms with Crippen LogP contribution >= 0.6 is 0 Å². The van der Waals surface area contributed by atoms with Gasteiger partial charge in [0.15, 0.2) is 0 Å². The number of hydrogen-bond acceptors (Lipinski definition) is 5. The van der Waals surface area contributed by atoms with E-state index in [0.717, 1.165) is 11.3 Å². The highest BCUT2D eigenvalue weighted by Gasteiger charge is 2.02. The number of ether oxygens (including phenoxy) is 2. The lowest BCUT2D eigenvalue weighted by Crippen LogP contribution is -2.02. The third-order valence-corrected chi connectivity index (χ3v) is 3.45. The van der Waals surface area contributed by atoms with Gasteiger partial charge in [0.05, 0.1) is 5.56 Å². The quantitative estimate of drug-likeness (QED) is 0.507. The molecule has 0 amide bonds. The van der Waals surface area contributed by atoms with Crippen molar-refractivity contribution < 1.29 is 29.3 Å². The van der Waals surface area contributed by atoms with Crippen molar-refractivity contribution in [1.29, 1.82) is 0 Å². The molecule has 0 unspecified atom stereocenters. The summed E-state index contributed by atoms with van der Waals surface area (Å²) in [4.78, 5) is 20.9. The van der Waals surface area contributed by atoms with Crippen LogP contribution in [0.4, 0.5) is 0 Å². The van der Waals surface area contributed by atoms with E-state index in [0.29, 0.717) is 12.4 Å². The van der Waals surface area contributed by atoms with E-state index in [2.05, 4.69) is 0 Å². The van der Waals surface area contributed by atoms with Crippen molar-refractivity contribution >= 4 is 11.9 Å². The van der Waals surface area contributed by atoms with Crippen LogP contribution in [0.3, 0.4) is 0 Å². The van der Waals surface area contributed by atoms with Crippen LogP contribution in [0.1, 0.15) is 22.8 Å². The molecule has 0 saturated carbocycles. The fraction of sp³-hybridized carbons (Fsp3) is 0.0909. The largest absolute Gasteiger partial charge is 0.508 e. The van der Waals surface area contributed by atoms with Gasteiger partial charge in [-0.1, -0.05) is 30.3 Å². The van der Waals surface area contributed by atoms with E-state index in [1.54, 1.807) is 24.3 Å². The number of carbonyl (C=O) groups excluding carboxylic acids is 1. The summed E-state index contributed by atoms with van der Waals surface area (Å²) in [7, 11) is 0. The predicted octanol–water partition coefficient (Wildman–Crippen LogP) is 4.28. The molecule has 6 nitrogen and oxygen atoms in total. The summed E-state index contributed by atoms with van der Waals surface area (Å²) in [6, 6.07) is 22.3. The first-order valence-corrected chi connectivity index (χ1v) is 8.41. The number of hydrogen-bond donors (Lipinski definition) is 2. The number of carboxylic acids is 1. The van der Waals surface area contributed by atoms with Gasteiger partial charge >= 0.3 is 11.9 Å². The van der Waals surface area contributed by atoms with E-state index in [-0.39, 0.29) is 11.3 Å². The third kappa shape index (κ3) is 7.21. The van der Waals surface area contributed by atoms with E-state index in [1.807, 2.05) is 30.3 Å². The normalized spacial score (nSPS) is 9.61. The van der Waals surface area contributed by atoms with Gasteiger partial charge in [0.2, 0.25) is 0 Å². The number of phenols is 1. The molecule has 0 atom stereocenters. The zero-order valence-corrected chi connectivity index (χ0v) is 15.2. The molecule has 6 heteroatoms. The lowest BCUT2D eigenvalue weighted by atomic mass is 10.2. The first-order valence-electron chi connectivity index (χ1n) is 8.41. The van der Waals surface area contributed by atoms with Gasteiger partial charge < -0.3 is 19.7 Å². The van der Waals surface area contributed by atoms with Crippen LogP contribution in [0.2, 0.25) is 0 Å². The molecule has 0 saturated heterocycles. The smallest absolute Gasteiger partial charge is 0.335 e. The molecule has 0 aromatic heterocycles. The van der Waals surface area contributed by atoms with Gasteiger partial charge in [-0.2, -0.15) is 0 Å². The summed E-state index contributed by atoms with van der Waals surface area (Å²) in [5, 5.41) is 17.6. The Bertz CT molecular complexity index is 887. The van der Waals surface area contributed by atoms with Crippen molar-refractivity contribution in [3.63, 3.8) is 0 Å². The average molecular weight is 380 g/mol. The highest BCUT2D eigenvalue weighted by atomic mass is 16.5. The Hall–Kier alpha value is -3.80. The van der Waals surface area contributed by atoms with Gasteiger partial charge in [-0.25, -0.2) is 4.79 Å². The first kappa shape index (κ1) is 20.5. The van der Waals surface area contributed by atoms with Crippen molar-refractivity contribution in [2.45, 2.75) is 13.5 Å². The molecular formula is C22H20O6. The van der Waals surface area contributed by atoms with Gasteiger partial charge in [-0.15, -0.1) is 0 Å². The van der Waals surface area contributed by atoms with E-state index in [1.165, 1.54) is 31.2 Å². The van der Waals surface area contributed by atoms with Crippen molar-refractivity contribution in [2.75, 3.05) is 0 Å². The van der Waals surface area contributed by atoms with E-state index in [9.17, 15) is 9.59 Å². The lowest BCUT2D eigenvalue weighted by Gasteiger charge is -2.05. The standard InChI is InChI=1S/C13H12O2.C9H8O4/c14-12-6-8-13(9-7-12)15-10-11-4-2-1-3-5-11;1-6(10)13-8-4-2-7(3-5-8)9(11)12/h1-9,14H,10H2;2-5H,1H3,(H,11,12). The van der Waals surface area contributed by atoms with Crippen LogP contribution in [0.5, 0.6) is 17.2 Å². The van der Waals surface area contributed by atoms with Crippen LogP contribution in [0.25, 0.3) is 0 Å². The topological polar surface area (TPSA) is 93.1 Å². The molecule has 0 aliphatic carbocycles. The van der Waals surface area contributed by atoms with Crippen molar-refractivity contribution in [3.8, 4) is 17.2 Å². The zero-order chi connectivity index (χ0) is 20.4. The van der Waals surface area contributed by atoms with Crippen molar-refractivity contribution in [1.82, 2.24) is 0 Å². The molecule has 0 heterocycles. The number of rotatable bonds is 5. The third-order valence-electron chi connectivity index (χ3n) is 3.45. The molecule has 0 radical (unpaired) electrons.